The fourth-order valence-electron chi connectivity index (χ4n) is 0.982. The fraction of sp³-hybridized carbons (Fsp3) is 0.250. The van der Waals surface area contributed by atoms with Crippen LogP contribution < -0.4 is 0 Å². The van der Waals surface area contributed by atoms with Crippen LogP contribution in [0, 0.1) is 11.3 Å². The summed E-state index contributed by atoms with van der Waals surface area (Å²) in [6.07, 6.45) is -2.72. The zero-order valence-electron chi connectivity index (χ0n) is 6.77. The number of aromatic nitrogens is 1. The van der Waals surface area contributed by atoms with Gasteiger partial charge in [-0.2, -0.15) is 5.26 Å². The summed E-state index contributed by atoms with van der Waals surface area (Å²) in [5, 5.41) is 8.87. The van der Waals surface area contributed by atoms with Gasteiger partial charge in [0.05, 0.1) is 11.3 Å². The normalized spacial score (nSPS) is 10.3. The zero-order valence-corrected chi connectivity index (χ0v) is 9.11. The van der Waals surface area contributed by atoms with Crippen molar-refractivity contribution in [3.05, 3.63) is 28.0 Å². The molecule has 2 nitrogen and oxygen atoms in total. The van der Waals surface area contributed by atoms with Crippen LogP contribution in [0.2, 0.25) is 5.15 Å². The van der Waals surface area contributed by atoms with Crippen LogP contribution in [0.1, 0.15) is 23.2 Å². The van der Waals surface area contributed by atoms with Crippen molar-refractivity contribution >= 4 is 27.5 Å². The lowest BCUT2D eigenvalue weighted by Gasteiger charge is -2.06. The van der Waals surface area contributed by atoms with E-state index in [-0.39, 0.29) is 27.3 Å². The maximum absolute atomic E-state index is 12.5. The van der Waals surface area contributed by atoms with Gasteiger partial charge in [0.15, 0.2) is 0 Å². The Kier molecular flexibility index (Phi) is 3.78. The van der Waals surface area contributed by atoms with Crippen LogP contribution in [0.25, 0.3) is 0 Å². The lowest BCUT2D eigenvalue weighted by atomic mass is 10.1. The van der Waals surface area contributed by atoms with Crippen molar-refractivity contribution in [3.8, 4) is 6.07 Å². The maximum atomic E-state index is 12.5. The van der Waals surface area contributed by atoms with Gasteiger partial charge in [-0.05, 0) is 6.07 Å². The predicted octanol–water partition coefficient (Wildman–Crippen LogP) is 3.44. The van der Waals surface area contributed by atoms with Crippen LogP contribution >= 0.6 is 27.5 Å². The van der Waals surface area contributed by atoms with Gasteiger partial charge in [0, 0.05) is 10.9 Å². The number of alkyl halides is 3. The van der Waals surface area contributed by atoms with Gasteiger partial charge in [-0.1, -0.05) is 27.5 Å². The third-order valence-corrected chi connectivity index (χ3v) is 2.29. The molecule has 0 fully saturated rings. The first kappa shape index (κ1) is 11.3. The molecule has 6 heteroatoms. The number of rotatable bonds is 2. The largest absolute Gasteiger partial charge is 0.265 e. The third kappa shape index (κ3) is 2.20. The summed E-state index contributed by atoms with van der Waals surface area (Å²) in [7, 11) is 0. The molecule has 0 aliphatic heterocycles. The van der Waals surface area contributed by atoms with Crippen molar-refractivity contribution < 1.29 is 8.78 Å². The number of nitriles is 1. The molecule has 0 spiro atoms. The highest BCUT2D eigenvalue weighted by Gasteiger charge is 2.18. The molecule has 0 aliphatic carbocycles. The topological polar surface area (TPSA) is 36.7 Å². The van der Waals surface area contributed by atoms with E-state index in [1.807, 2.05) is 0 Å². The first-order chi connectivity index (χ1) is 6.60. The van der Waals surface area contributed by atoms with Crippen LogP contribution in [0.3, 0.4) is 0 Å². The molecule has 0 unspecified atom stereocenters. The number of nitrogens with zero attached hydrogens (tertiary/aromatic N) is 2. The minimum atomic E-state index is -2.72. The van der Waals surface area contributed by atoms with E-state index in [1.54, 1.807) is 6.07 Å². The highest BCUT2D eigenvalue weighted by atomic mass is 79.9. The summed E-state index contributed by atoms with van der Waals surface area (Å²) in [4.78, 5) is 3.77. The zero-order chi connectivity index (χ0) is 10.7. The Balaban J connectivity index is 3.41. The quantitative estimate of drug-likeness (QED) is 0.615. The summed E-state index contributed by atoms with van der Waals surface area (Å²) < 4.78 is 24.9. The van der Waals surface area contributed by atoms with Gasteiger partial charge < -0.3 is 0 Å². The van der Waals surface area contributed by atoms with Gasteiger partial charge in [-0.3, -0.25) is 0 Å². The van der Waals surface area contributed by atoms with E-state index in [1.165, 1.54) is 0 Å². The van der Waals surface area contributed by atoms with Crippen molar-refractivity contribution in [1.29, 1.82) is 5.26 Å². The molecule has 0 aliphatic rings. The molecule has 1 aromatic rings. The Hall–Kier alpha value is -0.730. The van der Waals surface area contributed by atoms with Crippen molar-refractivity contribution in [3.63, 3.8) is 0 Å². The summed E-state index contributed by atoms with van der Waals surface area (Å²) in [6, 6.07) is 2.70. The van der Waals surface area contributed by atoms with Crippen molar-refractivity contribution in [2.24, 2.45) is 0 Å². The Morgan fingerprint density at radius 1 is 1.64 bits per heavy atom. The smallest absolute Gasteiger partial charge is 0.239 e. The first-order valence-corrected chi connectivity index (χ1v) is 5.03. The van der Waals surface area contributed by atoms with Crippen LogP contribution in [0.4, 0.5) is 8.78 Å². The molecule has 1 rings (SSSR count). The Morgan fingerprint density at radius 2 is 2.29 bits per heavy atom. The Bertz CT molecular complexity index is 390. The molecular weight excluding hydrogens is 277 g/mol. The molecule has 14 heavy (non-hydrogen) atoms. The molecule has 1 aromatic heterocycles. The Morgan fingerprint density at radius 3 is 2.71 bits per heavy atom. The third-order valence-electron chi connectivity index (χ3n) is 1.57. The molecule has 0 saturated heterocycles. The van der Waals surface area contributed by atoms with E-state index < -0.39 is 6.43 Å². The second-order valence-electron chi connectivity index (χ2n) is 2.40. The van der Waals surface area contributed by atoms with Crippen LogP contribution in [-0.2, 0) is 5.33 Å². The van der Waals surface area contributed by atoms with Crippen molar-refractivity contribution in [1.82, 2.24) is 4.98 Å². The Labute approximate surface area is 92.6 Å². The average molecular weight is 281 g/mol. The molecule has 74 valence electrons. The van der Waals surface area contributed by atoms with Gasteiger partial charge >= 0.3 is 0 Å². The van der Waals surface area contributed by atoms with Gasteiger partial charge in [0.25, 0.3) is 6.43 Å². The molecular formula is C8H4BrClF2N2. The van der Waals surface area contributed by atoms with Gasteiger partial charge in [0.1, 0.15) is 11.2 Å². The predicted molar refractivity (Wildman–Crippen MR) is 51.6 cm³/mol. The van der Waals surface area contributed by atoms with Gasteiger partial charge in [0.2, 0.25) is 0 Å². The number of hydrogen-bond acceptors (Lipinski definition) is 2. The molecule has 0 aromatic carbocycles. The second kappa shape index (κ2) is 4.67. The average Bonchev–Trinajstić information content (AvgIpc) is 2.16. The molecule has 0 amide bonds. The fourth-order valence-corrected chi connectivity index (χ4v) is 1.61. The number of hydrogen-bond donors (Lipinski definition) is 0. The van der Waals surface area contributed by atoms with Crippen molar-refractivity contribution in [2.45, 2.75) is 11.8 Å². The number of halogens is 4. The van der Waals surface area contributed by atoms with E-state index >= 15 is 0 Å². The summed E-state index contributed by atoms with van der Waals surface area (Å²) in [6.45, 7) is 0. The number of pyridine rings is 1. The minimum Gasteiger partial charge on any atom is -0.239 e. The summed E-state index contributed by atoms with van der Waals surface area (Å²) in [5.41, 5.74) is -0.251. The lowest BCUT2D eigenvalue weighted by molar-refractivity contribution is 0.151. The van der Waals surface area contributed by atoms with Gasteiger partial charge in [-0.15, -0.1) is 0 Å². The first-order valence-electron chi connectivity index (χ1n) is 3.53. The monoisotopic (exact) mass is 280 g/mol. The van der Waals surface area contributed by atoms with Gasteiger partial charge in [-0.25, -0.2) is 13.8 Å². The van der Waals surface area contributed by atoms with E-state index in [4.69, 9.17) is 16.9 Å². The van der Waals surface area contributed by atoms with E-state index in [2.05, 4.69) is 20.9 Å². The molecule has 1 heterocycles. The lowest BCUT2D eigenvalue weighted by Crippen LogP contribution is -1.99. The summed E-state index contributed by atoms with van der Waals surface area (Å²) >= 11 is 8.58. The standard InChI is InChI=1S/C8H4BrClF2N2/c9-2-6-5(3-13)4(8(11)12)1-7(10)14-6/h1,8H,2H2. The SMILES string of the molecule is N#Cc1c(C(F)F)cc(Cl)nc1CBr. The molecule has 0 radical (unpaired) electrons. The second-order valence-corrected chi connectivity index (χ2v) is 3.35. The molecule has 0 N–H and O–H groups in total. The van der Waals surface area contributed by atoms with E-state index in [0.717, 1.165) is 6.07 Å². The maximum Gasteiger partial charge on any atom is 0.265 e. The molecule has 0 bridgehead atoms. The highest BCUT2D eigenvalue weighted by molar-refractivity contribution is 9.08. The highest BCUT2D eigenvalue weighted by Crippen LogP contribution is 2.27. The summed E-state index contributed by atoms with van der Waals surface area (Å²) in [5.74, 6) is 0. The van der Waals surface area contributed by atoms with Crippen LogP contribution in [0.15, 0.2) is 6.07 Å². The van der Waals surface area contributed by atoms with Crippen molar-refractivity contribution in [2.75, 3.05) is 0 Å². The molecule has 0 saturated carbocycles. The minimum absolute atomic E-state index is 0.0336. The van der Waals surface area contributed by atoms with Crippen LogP contribution in [0.5, 0.6) is 0 Å². The molecule has 0 atom stereocenters. The van der Waals surface area contributed by atoms with E-state index in [0.29, 0.717) is 0 Å². The van der Waals surface area contributed by atoms with Crippen LogP contribution in [-0.4, -0.2) is 4.98 Å². The van der Waals surface area contributed by atoms with E-state index in [9.17, 15) is 8.78 Å².